The first-order valence-electron chi connectivity index (χ1n) is 9.19. The van der Waals surface area contributed by atoms with Gasteiger partial charge in [-0.25, -0.2) is 0 Å². The number of nitrogens with one attached hydrogen (secondary N) is 1. The van der Waals surface area contributed by atoms with Crippen molar-refractivity contribution in [1.29, 1.82) is 0 Å². The summed E-state index contributed by atoms with van der Waals surface area (Å²) in [5.41, 5.74) is 2.61. The van der Waals surface area contributed by atoms with Crippen molar-refractivity contribution in [3.8, 4) is 0 Å². The molecule has 2 fully saturated rings. The van der Waals surface area contributed by atoms with Gasteiger partial charge in [-0.2, -0.15) is 16.9 Å². The minimum absolute atomic E-state index is 0.855. The third kappa shape index (κ3) is 3.92. The summed E-state index contributed by atoms with van der Waals surface area (Å²) in [7, 11) is 0. The highest BCUT2D eigenvalue weighted by molar-refractivity contribution is 7.99. The van der Waals surface area contributed by atoms with Gasteiger partial charge in [0, 0.05) is 51.9 Å². The molecule has 0 aromatic carbocycles. The van der Waals surface area contributed by atoms with E-state index in [-0.39, 0.29) is 0 Å². The van der Waals surface area contributed by atoms with E-state index in [0.717, 1.165) is 32.2 Å². The molecule has 5 nitrogen and oxygen atoms in total. The van der Waals surface area contributed by atoms with Crippen LogP contribution in [0, 0.1) is 0 Å². The molecule has 0 unspecified atom stereocenters. The van der Waals surface area contributed by atoms with Crippen LogP contribution in [0.2, 0.25) is 0 Å². The van der Waals surface area contributed by atoms with Crippen molar-refractivity contribution in [2.45, 2.75) is 44.9 Å². The van der Waals surface area contributed by atoms with Crippen LogP contribution in [-0.4, -0.2) is 69.9 Å². The van der Waals surface area contributed by atoms with E-state index in [1.165, 1.54) is 68.3 Å². The molecule has 0 aliphatic carbocycles. The Morgan fingerprint density at radius 1 is 1.13 bits per heavy atom. The fourth-order valence-corrected chi connectivity index (χ4v) is 5.15. The van der Waals surface area contributed by atoms with Crippen LogP contribution in [0.3, 0.4) is 0 Å². The molecular formula is C17H29N5S. The normalized spacial score (nSPS) is 25.2. The van der Waals surface area contributed by atoms with Gasteiger partial charge in [-0.05, 0) is 43.4 Å². The molecule has 3 aliphatic rings. The Kier molecular flexibility index (Phi) is 5.23. The van der Waals surface area contributed by atoms with Crippen LogP contribution in [0.5, 0.6) is 0 Å². The maximum atomic E-state index is 4.83. The first-order valence-corrected chi connectivity index (χ1v) is 10.3. The predicted molar refractivity (Wildman–Crippen MR) is 95.7 cm³/mol. The molecular weight excluding hydrogens is 306 g/mol. The summed E-state index contributed by atoms with van der Waals surface area (Å²) in [6, 6.07) is 3.16. The first kappa shape index (κ1) is 15.9. The van der Waals surface area contributed by atoms with Gasteiger partial charge in [0.15, 0.2) is 0 Å². The molecule has 4 rings (SSSR count). The lowest BCUT2D eigenvalue weighted by molar-refractivity contribution is 0.0871. The van der Waals surface area contributed by atoms with E-state index < -0.39 is 0 Å². The van der Waals surface area contributed by atoms with Gasteiger partial charge in [-0.3, -0.25) is 14.5 Å². The SMILES string of the molecule is c1c(CN2CCN(C3CCSCC3)CC2)nn2c1CNCCC2. The average Bonchev–Trinajstić information content (AvgIpc) is 2.85. The molecule has 1 aromatic heterocycles. The minimum Gasteiger partial charge on any atom is -0.311 e. The molecule has 3 aliphatic heterocycles. The van der Waals surface area contributed by atoms with Crippen LogP contribution >= 0.6 is 11.8 Å². The molecule has 0 saturated carbocycles. The number of fused-ring (bicyclic) bond motifs is 1. The lowest BCUT2D eigenvalue weighted by Gasteiger charge is -2.40. The van der Waals surface area contributed by atoms with E-state index in [9.17, 15) is 0 Å². The summed E-state index contributed by atoms with van der Waals surface area (Å²) in [4.78, 5) is 5.33. The van der Waals surface area contributed by atoms with Crippen LogP contribution in [0.4, 0.5) is 0 Å². The highest BCUT2D eigenvalue weighted by Gasteiger charge is 2.25. The molecule has 0 atom stereocenters. The number of hydrogen-bond acceptors (Lipinski definition) is 5. The van der Waals surface area contributed by atoms with Gasteiger partial charge >= 0.3 is 0 Å². The van der Waals surface area contributed by atoms with Gasteiger partial charge in [0.05, 0.1) is 11.4 Å². The van der Waals surface area contributed by atoms with Crippen LogP contribution < -0.4 is 5.32 Å². The van der Waals surface area contributed by atoms with Crippen molar-refractivity contribution in [2.24, 2.45) is 0 Å². The summed E-state index contributed by atoms with van der Waals surface area (Å²) >= 11 is 2.13. The Morgan fingerprint density at radius 3 is 2.78 bits per heavy atom. The van der Waals surface area contributed by atoms with Crippen molar-refractivity contribution < 1.29 is 0 Å². The lowest BCUT2D eigenvalue weighted by atomic mass is 10.1. The molecule has 0 radical (unpaired) electrons. The molecule has 128 valence electrons. The zero-order chi connectivity index (χ0) is 15.5. The maximum Gasteiger partial charge on any atom is 0.0768 e. The van der Waals surface area contributed by atoms with Crippen LogP contribution in [0.1, 0.15) is 30.7 Å². The number of hydrogen-bond donors (Lipinski definition) is 1. The summed E-state index contributed by atoms with van der Waals surface area (Å²) in [6.07, 6.45) is 3.98. The third-order valence-electron chi connectivity index (χ3n) is 5.44. The van der Waals surface area contributed by atoms with Gasteiger partial charge in [0.2, 0.25) is 0 Å². The molecule has 1 aromatic rings. The van der Waals surface area contributed by atoms with E-state index >= 15 is 0 Å². The third-order valence-corrected chi connectivity index (χ3v) is 6.49. The number of rotatable bonds is 3. The fourth-order valence-electron chi connectivity index (χ4n) is 4.06. The molecule has 6 heteroatoms. The molecule has 0 bridgehead atoms. The summed E-state index contributed by atoms with van der Waals surface area (Å²) < 4.78 is 2.21. The van der Waals surface area contributed by atoms with Gasteiger partial charge in [0.25, 0.3) is 0 Å². The quantitative estimate of drug-likeness (QED) is 0.903. The monoisotopic (exact) mass is 335 g/mol. The molecule has 1 N–H and O–H groups in total. The Hall–Kier alpha value is -0.560. The largest absolute Gasteiger partial charge is 0.311 e. The minimum atomic E-state index is 0.855. The van der Waals surface area contributed by atoms with E-state index in [4.69, 9.17) is 5.10 Å². The highest BCUT2D eigenvalue weighted by Crippen LogP contribution is 2.23. The Morgan fingerprint density at radius 2 is 1.96 bits per heavy atom. The average molecular weight is 336 g/mol. The summed E-state index contributed by atoms with van der Waals surface area (Å²) in [5, 5.41) is 8.31. The first-order chi connectivity index (χ1) is 11.4. The van der Waals surface area contributed by atoms with E-state index in [2.05, 4.69) is 37.6 Å². The fraction of sp³-hybridized carbons (Fsp3) is 0.824. The standard InChI is InChI=1S/C17H29N5S/c1-4-18-13-17-12-15(19-22(17)5-1)14-20-6-8-21(9-7-20)16-2-10-23-11-3-16/h12,16,18H,1-11,13-14H2. The Bertz CT molecular complexity index is 480. The molecule has 0 spiro atoms. The van der Waals surface area contributed by atoms with Gasteiger partial charge in [0.1, 0.15) is 0 Å². The van der Waals surface area contributed by atoms with E-state index in [0.29, 0.717) is 0 Å². The topological polar surface area (TPSA) is 36.3 Å². The van der Waals surface area contributed by atoms with Crippen molar-refractivity contribution >= 4 is 11.8 Å². The molecule has 23 heavy (non-hydrogen) atoms. The van der Waals surface area contributed by atoms with Crippen LogP contribution in [-0.2, 0) is 19.6 Å². The number of aromatic nitrogens is 2. The summed E-state index contributed by atoms with van der Waals surface area (Å²) in [6.45, 7) is 9.05. The molecule has 4 heterocycles. The van der Waals surface area contributed by atoms with Gasteiger partial charge in [-0.15, -0.1) is 0 Å². The maximum absolute atomic E-state index is 4.83. The Labute approximate surface area is 143 Å². The van der Waals surface area contributed by atoms with Crippen molar-refractivity contribution in [3.63, 3.8) is 0 Å². The number of piperazine rings is 1. The number of nitrogens with zero attached hydrogens (tertiary/aromatic N) is 4. The van der Waals surface area contributed by atoms with Gasteiger partial charge in [-0.1, -0.05) is 0 Å². The van der Waals surface area contributed by atoms with Crippen LogP contribution in [0.25, 0.3) is 0 Å². The van der Waals surface area contributed by atoms with E-state index in [1.54, 1.807) is 0 Å². The second-order valence-corrected chi connectivity index (χ2v) is 8.26. The predicted octanol–water partition coefficient (Wildman–Crippen LogP) is 1.39. The molecule has 2 saturated heterocycles. The van der Waals surface area contributed by atoms with Crippen molar-refractivity contribution in [2.75, 3.05) is 44.2 Å². The smallest absolute Gasteiger partial charge is 0.0768 e. The zero-order valence-electron chi connectivity index (χ0n) is 14.0. The highest BCUT2D eigenvalue weighted by atomic mass is 32.2. The second-order valence-electron chi connectivity index (χ2n) is 7.04. The van der Waals surface area contributed by atoms with Crippen molar-refractivity contribution in [1.82, 2.24) is 24.9 Å². The Balaban J connectivity index is 1.29. The van der Waals surface area contributed by atoms with E-state index in [1.807, 2.05) is 0 Å². The molecule has 0 amide bonds. The second kappa shape index (κ2) is 7.55. The van der Waals surface area contributed by atoms with Crippen molar-refractivity contribution in [3.05, 3.63) is 17.5 Å². The zero-order valence-corrected chi connectivity index (χ0v) is 14.9. The number of thioether (sulfide) groups is 1. The van der Waals surface area contributed by atoms with Gasteiger partial charge < -0.3 is 5.32 Å². The van der Waals surface area contributed by atoms with Crippen LogP contribution in [0.15, 0.2) is 6.07 Å². The number of aryl methyl sites for hydroxylation is 1. The summed E-state index contributed by atoms with van der Waals surface area (Å²) in [5.74, 6) is 2.72. The lowest BCUT2D eigenvalue weighted by Crippen LogP contribution is -2.50.